The second kappa shape index (κ2) is 11.6. The number of hydrogen-bond donors (Lipinski definition) is 2. The van der Waals surface area contributed by atoms with Crippen LogP contribution in [0.2, 0.25) is 0 Å². The molecule has 1 aliphatic heterocycles. The van der Waals surface area contributed by atoms with E-state index < -0.39 is 5.91 Å². The molecule has 13 heteroatoms. The average Bonchev–Trinajstić information content (AvgIpc) is 3.55. The number of anilines is 1. The lowest BCUT2D eigenvalue weighted by Crippen LogP contribution is -2.31. The minimum Gasteiger partial charge on any atom is -0.489 e. The van der Waals surface area contributed by atoms with Crippen LogP contribution in [0.5, 0.6) is 5.75 Å². The Kier molecular flexibility index (Phi) is 7.64. The van der Waals surface area contributed by atoms with Gasteiger partial charge in [0, 0.05) is 12.1 Å². The summed E-state index contributed by atoms with van der Waals surface area (Å²) in [6, 6.07) is 13.5. The molecule has 0 aliphatic carbocycles. The maximum absolute atomic E-state index is 13.8. The standard InChI is InChI=1S/C25H26FN9O3/c26-20-7-3-2-6-18(20)16-37-19-10-8-17(9-11-19)14-28-30-25(36)22-21(15-34-12-4-1-5-13-34)35(33-29-22)24-23(27)31-38-32-24/h2-3,6-11,14H,1,4-5,12-13,15-16H2,(H2,27,31)(H,30,36). The van der Waals surface area contributed by atoms with Crippen LogP contribution in [-0.2, 0) is 13.2 Å². The van der Waals surface area contributed by atoms with Gasteiger partial charge in [-0.2, -0.15) is 9.78 Å². The summed E-state index contributed by atoms with van der Waals surface area (Å²) in [5, 5.41) is 19.6. The largest absolute Gasteiger partial charge is 0.489 e. The Bertz CT molecular complexity index is 1410. The molecule has 0 spiro atoms. The molecule has 1 amide bonds. The SMILES string of the molecule is Nc1nonc1-n1nnc(C(=O)NN=Cc2ccc(OCc3ccccc3F)cc2)c1CN1CCCCC1. The molecule has 4 aromatic rings. The van der Waals surface area contributed by atoms with Crippen LogP contribution in [0.25, 0.3) is 5.82 Å². The number of hydrogen-bond acceptors (Lipinski definition) is 10. The van der Waals surface area contributed by atoms with Gasteiger partial charge in [-0.15, -0.1) is 5.10 Å². The topological polar surface area (TPSA) is 150 Å². The number of carbonyl (C=O) groups excluding carboxylic acids is 1. The molecule has 0 atom stereocenters. The molecular weight excluding hydrogens is 493 g/mol. The predicted octanol–water partition coefficient (Wildman–Crippen LogP) is 2.70. The Hall–Kier alpha value is -4.65. The van der Waals surface area contributed by atoms with E-state index in [0.29, 0.717) is 23.6 Å². The summed E-state index contributed by atoms with van der Waals surface area (Å²) < 4.78 is 25.5. The number of nitrogens with two attached hydrogens (primary N) is 1. The number of amides is 1. The number of likely N-dealkylation sites (tertiary alicyclic amines) is 1. The van der Waals surface area contributed by atoms with E-state index in [1.165, 1.54) is 23.4 Å². The summed E-state index contributed by atoms with van der Waals surface area (Å²) in [6.07, 6.45) is 4.82. The fourth-order valence-corrected chi connectivity index (χ4v) is 4.10. The van der Waals surface area contributed by atoms with Crippen molar-refractivity contribution in [2.45, 2.75) is 32.4 Å². The van der Waals surface area contributed by atoms with E-state index >= 15 is 0 Å². The van der Waals surface area contributed by atoms with Crippen LogP contribution in [0.4, 0.5) is 10.2 Å². The van der Waals surface area contributed by atoms with E-state index in [1.807, 2.05) is 0 Å². The summed E-state index contributed by atoms with van der Waals surface area (Å²) in [6.45, 7) is 2.35. The van der Waals surface area contributed by atoms with Gasteiger partial charge in [-0.3, -0.25) is 9.69 Å². The molecule has 0 radical (unpaired) electrons. The maximum Gasteiger partial charge on any atom is 0.293 e. The van der Waals surface area contributed by atoms with Crippen LogP contribution in [-0.4, -0.2) is 55.4 Å². The van der Waals surface area contributed by atoms with Gasteiger partial charge in [0.15, 0.2) is 5.69 Å². The first kappa shape index (κ1) is 25.0. The second-order valence-electron chi connectivity index (χ2n) is 8.75. The van der Waals surface area contributed by atoms with Gasteiger partial charge in [-0.25, -0.2) is 14.4 Å². The average molecular weight is 520 g/mol. The molecule has 5 rings (SSSR count). The van der Waals surface area contributed by atoms with Crippen molar-refractivity contribution in [1.29, 1.82) is 0 Å². The fraction of sp³-hybridized carbons (Fsp3) is 0.280. The van der Waals surface area contributed by atoms with Gasteiger partial charge in [-0.05, 0) is 72.1 Å². The number of hydrazone groups is 1. The van der Waals surface area contributed by atoms with Gasteiger partial charge in [-0.1, -0.05) is 29.8 Å². The van der Waals surface area contributed by atoms with Gasteiger partial charge in [0.1, 0.15) is 18.2 Å². The molecule has 0 bridgehead atoms. The predicted molar refractivity (Wildman–Crippen MR) is 135 cm³/mol. The zero-order chi connectivity index (χ0) is 26.3. The number of nitrogens with zero attached hydrogens (tertiary/aromatic N) is 7. The van der Waals surface area contributed by atoms with Crippen LogP contribution in [0.1, 0.15) is 46.6 Å². The van der Waals surface area contributed by atoms with Crippen molar-refractivity contribution in [3.63, 3.8) is 0 Å². The third-order valence-electron chi connectivity index (χ3n) is 6.11. The van der Waals surface area contributed by atoms with E-state index in [2.05, 4.69) is 36.1 Å². The lowest BCUT2D eigenvalue weighted by atomic mass is 10.1. The number of rotatable bonds is 9. The Morgan fingerprint density at radius 3 is 2.66 bits per heavy atom. The molecule has 196 valence electrons. The Labute approximate surface area is 217 Å². The van der Waals surface area contributed by atoms with E-state index in [9.17, 15) is 9.18 Å². The van der Waals surface area contributed by atoms with Gasteiger partial charge in [0.05, 0.1) is 11.9 Å². The number of nitrogen functional groups attached to an aromatic ring is 1. The van der Waals surface area contributed by atoms with Crippen LogP contribution >= 0.6 is 0 Å². The minimum atomic E-state index is -0.528. The highest BCUT2D eigenvalue weighted by molar-refractivity contribution is 5.94. The monoisotopic (exact) mass is 519 g/mol. The van der Waals surface area contributed by atoms with Crippen molar-refractivity contribution in [3.05, 3.63) is 76.9 Å². The summed E-state index contributed by atoms with van der Waals surface area (Å²) >= 11 is 0. The Balaban J connectivity index is 1.24. The third-order valence-corrected chi connectivity index (χ3v) is 6.11. The van der Waals surface area contributed by atoms with Gasteiger partial charge < -0.3 is 10.5 Å². The number of benzene rings is 2. The normalized spacial score (nSPS) is 14.1. The smallest absolute Gasteiger partial charge is 0.293 e. The number of halogens is 1. The Morgan fingerprint density at radius 2 is 1.92 bits per heavy atom. The van der Waals surface area contributed by atoms with Crippen molar-refractivity contribution in [1.82, 2.24) is 35.6 Å². The van der Waals surface area contributed by atoms with Crippen LogP contribution < -0.4 is 15.9 Å². The molecule has 1 aliphatic rings. The molecular formula is C25H26FN9O3. The van der Waals surface area contributed by atoms with Crippen LogP contribution in [0.3, 0.4) is 0 Å². The van der Waals surface area contributed by atoms with E-state index in [-0.39, 0.29) is 29.8 Å². The van der Waals surface area contributed by atoms with Crippen LogP contribution in [0, 0.1) is 5.82 Å². The highest BCUT2D eigenvalue weighted by atomic mass is 19.1. The Morgan fingerprint density at radius 1 is 1.13 bits per heavy atom. The summed E-state index contributed by atoms with van der Waals surface area (Å²) in [5.74, 6) is -0.0489. The number of nitrogens with one attached hydrogen (secondary N) is 1. The molecule has 0 saturated carbocycles. The first-order valence-electron chi connectivity index (χ1n) is 12.1. The lowest BCUT2D eigenvalue weighted by Gasteiger charge is -2.26. The molecule has 2 aromatic heterocycles. The first-order chi connectivity index (χ1) is 18.6. The molecule has 38 heavy (non-hydrogen) atoms. The number of carbonyl (C=O) groups is 1. The summed E-state index contributed by atoms with van der Waals surface area (Å²) in [7, 11) is 0. The summed E-state index contributed by atoms with van der Waals surface area (Å²) in [4.78, 5) is 15.2. The highest BCUT2D eigenvalue weighted by Crippen LogP contribution is 2.20. The van der Waals surface area contributed by atoms with Gasteiger partial charge in [0.25, 0.3) is 5.91 Å². The van der Waals surface area contributed by atoms with E-state index in [0.717, 1.165) is 31.5 Å². The number of aromatic nitrogens is 5. The first-order valence-corrected chi connectivity index (χ1v) is 12.1. The lowest BCUT2D eigenvalue weighted by molar-refractivity contribution is 0.0947. The van der Waals surface area contributed by atoms with Crippen LogP contribution in [0.15, 0.2) is 58.3 Å². The quantitative estimate of drug-likeness (QED) is 0.251. The number of piperidine rings is 1. The van der Waals surface area contributed by atoms with Gasteiger partial charge >= 0.3 is 0 Å². The molecule has 2 aromatic carbocycles. The van der Waals surface area contributed by atoms with Crippen molar-refractivity contribution in [2.24, 2.45) is 5.10 Å². The van der Waals surface area contributed by atoms with Crippen molar-refractivity contribution in [3.8, 4) is 11.6 Å². The van der Waals surface area contributed by atoms with Crippen molar-refractivity contribution in [2.75, 3.05) is 18.8 Å². The molecule has 1 saturated heterocycles. The zero-order valence-electron chi connectivity index (χ0n) is 20.5. The van der Waals surface area contributed by atoms with Gasteiger partial charge in [0.2, 0.25) is 11.6 Å². The molecule has 3 heterocycles. The second-order valence-corrected chi connectivity index (χ2v) is 8.75. The minimum absolute atomic E-state index is 0.0427. The molecule has 0 unspecified atom stereocenters. The van der Waals surface area contributed by atoms with Crippen molar-refractivity contribution < 1.29 is 18.6 Å². The zero-order valence-corrected chi connectivity index (χ0v) is 20.5. The van der Waals surface area contributed by atoms with Crippen molar-refractivity contribution >= 4 is 17.9 Å². The molecule has 12 nitrogen and oxygen atoms in total. The molecule has 3 N–H and O–H groups in total. The van der Waals surface area contributed by atoms with E-state index in [4.69, 9.17) is 15.1 Å². The number of ether oxygens (including phenoxy) is 1. The summed E-state index contributed by atoms with van der Waals surface area (Å²) in [5.41, 5.74) is 10.2. The third kappa shape index (κ3) is 5.83. The maximum atomic E-state index is 13.8. The molecule has 1 fully saturated rings. The fourth-order valence-electron chi connectivity index (χ4n) is 4.10. The van der Waals surface area contributed by atoms with E-state index in [1.54, 1.807) is 42.5 Å². The highest BCUT2D eigenvalue weighted by Gasteiger charge is 2.26.